The number of rotatable bonds is 24. The predicted molar refractivity (Wildman–Crippen MR) is 197 cm³/mol. The Morgan fingerprint density at radius 1 is 1.05 bits per heavy atom. The number of anilines is 1. The standard InChI is InChI=1S/C28H48N7O18P3S/c1-4-5-6-16(36)11-19(38)57-10-9-30-18(37)7-8-31-26(41)23(40)28(2,3)13-50-56(47,48)53-55(45,46)49-12-17-22(52-54(42,43)44)21(39)27(51-17)35-15-34-20-24(29)32-14-33-25(20)35/h14-17,21-23,27,36,39-40H,4-13H2,1-3H3,(H,30,37)(H,31,41)(H,45,46)(H,47,48)(H2,29,32,33)(H2,42,43,44)/t16-,17-,21-,22-,23+,27-/m1/s1. The third kappa shape index (κ3) is 15.6. The molecular formula is C28H48N7O18P3S. The molecule has 2 aromatic rings. The first-order valence-corrected chi connectivity index (χ1v) is 22.7. The number of aromatic nitrogens is 4. The van der Waals surface area contributed by atoms with Crippen molar-refractivity contribution in [1.29, 1.82) is 0 Å². The number of imidazole rings is 1. The second kappa shape index (κ2) is 21.2. The molecule has 0 aliphatic carbocycles. The summed E-state index contributed by atoms with van der Waals surface area (Å²) in [7, 11) is -16.4. The quantitative estimate of drug-likeness (QED) is 0.0473. The molecule has 8 atom stereocenters. The fourth-order valence-electron chi connectivity index (χ4n) is 5.09. The number of carbonyl (C=O) groups is 3. The molecule has 11 N–H and O–H groups in total. The number of nitrogens with zero attached hydrogens (tertiary/aromatic N) is 4. The number of hydrogen-bond donors (Lipinski definition) is 10. The fraction of sp³-hybridized carbons (Fsp3) is 0.714. The summed E-state index contributed by atoms with van der Waals surface area (Å²) in [5.74, 6) is -1.24. The summed E-state index contributed by atoms with van der Waals surface area (Å²) in [6.45, 7) is 2.35. The van der Waals surface area contributed by atoms with Gasteiger partial charge in [-0.1, -0.05) is 45.4 Å². The summed E-state index contributed by atoms with van der Waals surface area (Å²) in [6, 6.07) is 0. The maximum Gasteiger partial charge on any atom is 0.481 e. The van der Waals surface area contributed by atoms with E-state index in [1.165, 1.54) is 13.8 Å². The van der Waals surface area contributed by atoms with Crippen molar-refractivity contribution in [2.45, 2.75) is 89.6 Å². The fourth-order valence-corrected chi connectivity index (χ4v) is 8.66. The van der Waals surface area contributed by atoms with Gasteiger partial charge in [0.2, 0.25) is 11.8 Å². The zero-order valence-corrected chi connectivity index (χ0v) is 34.4. The van der Waals surface area contributed by atoms with E-state index in [-0.39, 0.29) is 53.8 Å². The van der Waals surface area contributed by atoms with Crippen LogP contribution >= 0.6 is 35.2 Å². The Kier molecular flexibility index (Phi) is 18.2. The molecule has 0 radical (unpaired) electrons. The molecule has 0 bridgehead atoms. The number of ether oxygens (including phenoxy) is 1. The lowest BCUT2D eigenvalue weighted by atomic mass is 9.87. The minimum atomic E-state index is -5.58. The summed E-state index contributed by atoms with van der Waals surface area (Å²) < 4.78 is 62.1. The van der Waals surface area contributed by atoms with Crippen LogP contribution in [0.15, 0.2) is 12.7 Å². The summed E-state index contributed by atoms with van der Waals surface area (Å²) >= 11 is 0.972. The van der Waals surface area contributed by atoms with E-state index in [0.29, 0.717) is 6.42 Å². The molecule has 2 amide bonds. The summed E-state index contributed by atoms with van der Waals surface area (Å²) in [5.41, 5.74) is 4.24. The van der Waals surface area contributed by atoms with Crippen LogP contribution in [-0.2, 0) is 50.7 Å². The maximum absolute atomic E-state index is 12.7. The summed E-state index contributed by atoms with van der Waals surface area (Å²) in [4.78, 5) is 87.5. The normalized spacial score (nSPS) is 22.1. The number of thioether (sulfide) groups is 1. The van der Waals surface area contributed by atoms with Crippen molar-refractivity contribution in [3.8, 4) is 0 Å². The smallest absolute Gasteiger partial charge is 0.393 e. The number of nitrogens with two attached hydrogens (primary N) is 1. The van der Waals surface area contributed by atoms with Crippen LogP contribution in [0.3, 0.4) is 0 Å². The van der Waals surface area contributed by atoms with Crippen molar-refractivity contribution in [1.82, 2.24) is 30.2 Å². The molecule has 25 nitrogen and oxygen atoms in total. The highest BCUT2D eigenvalue weighted by Gasteiger charge is 2.50. The second-order valence-corrected chi connectivity index (χ2v) is 18.7. The number of carbonyl (C=O) groups excluding carboxylic acids is 3. The molecule has 3 heterocycles. The first kappa shape index (κ1) is 48.9. The van der Waals surface area contributed by atoms with Crippen molar-refractivity contribution < 1.29 is 85.6 Å². The van der Waals surface area contributed by atoms with E-state index in [4.69, 9.17) is 19.5 Å². The first-order valence-electron chi connectivity index (χ1n) is 17.2. The van der Waals surface area contributed by atoms with Gasteiger partial charge in [0, 0.05) is 37.1 Å². The van der Waals surface area contributed by atoms with Gasteiger partial charge < -0.3 is 56.0 Å². The SMILES string of the molecule is CCCC[C@@H](O)CC(=O)SCCNC(=O)CCNC(=O)[C@H](O)C(C)(C)COP(=O)(O)OP(=O)(O)OC[C@H]1O[C@@H](n2cnc3c(N)ncnc32)[C@H](O)[C@@H]1OP(=O)(O)O. The highest BCUT2D eigenvalue weighted by atomic mass is 32.2. The Hall–Kier alpha value is -2.48. The number of unbranched alkanes of at least 4 members (excludes halogenated alkanes) is 1. The van der Waals surface area contributed by atoms with Gasteiger partial charge in [-0.25, -0.2) is 28.6 Å². The number of nitrogens with one attached hydrogen (secondary N) is 2. The highest BCUT2D eigenvalue weighted by molar-refractivity contribution is 8.13. The lowest BCUT2D eigenvalue weighted by Gasteiger charge is -2.30. The average Bonchev–Trinajstić information content (AvgIpc) is 3.67. The third-order valence-electron chi connectivity index (χ3n) is 8.06. The Bertz CT molecular complexity index is 1830. The van der Waals surface area contributed by atoms with Crippen molar-refractivity contribution in [2.24, 2.45) is 5.41 Å². The van der Waals surface area contributed by atoms with Crippen molar-refractivity contribution in [2.75, 3.05) is 37.8 Å². The Labute approximate surface area is 329 Å². The van der Waals surface area contributed by atoms with Crippen LogP contribution in [-0.4, -0.2) is 134 Å². The molecule has 2 unspecified atom stereocenters. The molecule has 3 rings (SSSR count). The van der Waals surface area contributed by atoms with Crippen LogP contribution in [0.25, 0.3) is 11.2 Å². The van der Waals surface area contributed by atoms with E-state index in [1.807, 2.05) is 6.92 Å². The van der Waals surface area contributed by atoms with Crippen molar-refractivity contribution in [3.63, 3.8) is 0 Å². The molecule has 1 fully saturated rings. The number of aliphatic hydroxyl groups is 3. The zero-order chi connectivity index (χ0) is 42.8. The van der Waals surface area contributed by atoms with Gasteiger partial charge in [-0.2, -0.15) is 4.31 Å². The van der Waals surface area contributed by atoms with E-state index >= 15 is 0 Å². The van der Waals surface area contributed by atoms with Crippen LogP contribution < -0.4 is 16.4 Å². The number of aliphatic hydroxyl groups excluding tert-OH is 3. The second-order valence-electron chi connectivity index (χ2n) is 13.3. The molecule has 0 spiro atoms. The molecule has 1 aliphatic heterocycles. The highest BCUT2D eigenvalue weighted by Crippen LogP contribution is 2.61. The van der Waals surface area contributed by atoms with E-state index in [1.54, 1.807) is 0 Å². The van der Waals surface area contributed by atoms with Crippen molar-refractivity contribution >= 4 is 69.1 Å². The van der Waals surface area contributed by atoms with Gasteiger partial charge in [0.15, 0.2) is 22.8 Å². The number of phosphoric ester groups is 3. The number of fused-ring (bicyclic) bond motifs is 1. The van der Waals surface area contributed by atoms with Gasteiger partial charge in [0.25, 0.3) is 0 Å². The van der Waals surface area contributed by atoms with Crippen LogP contribution in [0.1, 0.15) is 59.1 Å². The molecular weight excluding hydrogens is 847 g/mol. The van der Waals surface area contributed by atoms with Crippen molar-refractivity contribution in [3.05, 3.63) is 12.7 Å². The molecule has 324 valence electrons. The van der Waals surface area contributed by atoms with E-state index in [0.717, 1.165) is 41.8 Å². The molecule has 2 aromatic heterocycles. The van der Waals surface area contributed by atoms with Gasteiger partial charge in [0.05, 0.1) is 25.6 Å². The molecule has 29 heteroatoms. The number of nitrogen functional groups attached to an aromatic ring is 1. The monoisotopic (exact) mass is 895 g/mol. The van der Waals surface area contributed by atoms with Crippen LogP contribution in [0.4, 0.5) is 5.82 Å². The summed E-state index contributed by atoms with van der Waals surface area (Å²) in [6.07, 6.45) is -5.44. The first-order chi connectivity index (χ1) is 26.4. The molecule has 57 heavy (non-hydrogen) atoms. The Balaban J connectivity index is 1.46. The number of hydrogen-bond acceptors (Lipinski definition) is 19. The lowest BCUT2D eigenvalue weighted by molar-refractivity contribution is -0.137. The van der Waals surface area contributed by atoms with Gasteiger partial charge in [0.1, 0.15) is 36.3 Å². The van der Waals surface area contributed by atoms with Gasteiger partial charge in [-0.15, -0.1) is 0 Å². The van der Waals surface area contributed by atoms with Crippen LogP contribution in [0.2, 0.25) is 0 Å². The number of amides is 2. The zero-order valence-electron chi connectivity index (χ0n) is 30.9. The van der Waals surface area contributed by atoms with E-state index in [9.17, 15) is 63.0 Å². The third-order valence-corrected chi connectivity index (χ3v) is 12.1. The molecule has 0 aromatic carbocycles. The minimum absolute atomic E-state index is 0.0144. The van der Waals surface area contributed by atoms with Crippen LogP contribution in [0, 0.1) is 5.41 Å². The van der Waals surface area contributed by atoms with Gasteiger partial charge in [-0.05, 0) is 6.42 Å². The lowest BCUT2D eigenvalue weighted by Crippen LogP contribution is -2.46. The topological polar surface area (TPSA) is 384 Å². The molecule has 1 saturated heterocycles. The molecule has 0 saturated carbocycles. The van der Waals surface area contributed by atoms with Crippen LogP contribution in [0.5, 0.6) is 0 Å². The van der Waals surface area contributed by atoms with Gasteiger partial charge >= 0.3 is 23.5 Å². The Morgan fingerprint density at radius 2 is 1.74 bits per heavy atom. The minimum Gasteiger partial charge on any atom is -0.393 e. The average molecular weight is 896 g/mol. The van der Waals surface area contributed by atoms with E-state index in [2.05, 4.69) is 34.4 Å². The predicted octanol–water partition coefficient (Wildman–Crippen LogP) is -0.394. The largest absolute Gasteiger partial charge is 0.481 e. The van der Waals surface area contributed by atoms with E-state index < -0.39 is 90.7 Å². The van der Waals surface area contributed by atoms with Gasteiger partial charge in [-0.3, -0.25) is 32.5 Å². The number of phosphoric acid groups is 3. The maximum atomic E-state index is 12.7. The molecule has 1 aliphatic rings. The summed E-state index contributed by atoms with van der Waals surface area (Å²) in [5, 5.41) is 35.9. The Morgan fingerprint density at radius 3 is 2.40 bits per heavy atom.